The number of hydrogen-bond donors (Lipinski definition) is 1. The van der Waals surface area contributed by atoms with Gasteiger partial charge < -0.3 is 15.1 Å². The summed E-state index contributed by atoms with van der Waals surface area (Å²) in [6.07, 6.45) is 2.64. The van der Waals surface area contributed by atoms with Crippen molar-refractivity contribution in [1.29, 1.82) is 0 Å². The smallest absolute Gasteiger partial charge is 0.234 e. The molecule has 5 nitrogen and oxygen atoms in total. The summed E-state index contributed by atoms with van der Waals surface area (Å²) in [6.45, 7) is 12.4. The quantitative estimate of drug-likeness (QED) is 0.704. The van der Waals surface area contributed by atoms with Crippen molar-refractivity contribution in [2.24, 2.45) is 5.92 Å². The van der Waals surface area contributed by atoms with E-state index in [0.717, 1.165) is 43.2 Å². The minimum absolute atomic E-state index is 0.102. The van der Waals surface area contributed by atoms with Crippen molar-refractivity contribution in [3.05, 3.63) is 70.8 Å². The lowest BCUT2D eigenvalue weighted by molar-refractivity contribution is -0.123. The summed E-state index contributed by atoms with van der Waals surface area (Å²) in [5.41, 5.74) is 4.71. The van der Waals surface area contributed by atoms with Gasteiger partial charge in [0.2, 0.25) is 5.91 Å². The van der Waals surface area contributed by atoms with E-state index in [-0.39, 0.29) is 11.9 Å². The fraction of sp³-hybridized carbons (Fsp3) is 0.536. The second-order valence-electron chi connectivity index (χ2n) is 10.1. The van der Waals surface area contributed by atoms with Crippen LogP contribution in [0.2, 0.25) is 0 Å². The van der Waals surface area contributed by atoms with E-state index in [0.29, 0.717) is 6.54 Å². The van der Waals surface area contributed by atoms with Crippen molar-refractivity contribution >= 4 is 5.91 Å². The summed E-state index contributed by atoms with van der Waals surface area (Å²) in [5.74, 6) is 0.936. The first-order chi connectivity index (χ1) is 16.0. The highest BCUT2D eigenvalue weighted by molar-refractivity contribution is 5.79. The Bertz CT molecular complexity index is 834. The monoisotopic (exact) mass is 448 g/mol. The van der Waals surface area contributed by atoms with Gasteiger partial charge in [0.05, 0.1) is 12.6 Å². The highest BCUT2D eigenvalue weighted by Gasteiger charge is 2.24. The molecule has 2 aromatic carbocycles. The van der Waals surface area contributed by atoms with Gasteiger partial charge in [-0.05, 0) is 63.9 Å². The van der Waals surface area contributed by atoms with Gasteiger partial charge in [0.25, 0.3) is 0 Å². The fourth-order valence-electron chi connectivity index (χ4n) is 5.03. The maximum Gasteiger partial charge on any atom is 0.234 e. The molecular weight excluding hydrogens is 408 g/mol. The first kappa shape index (κ1) is 23.9. The second-order valence-corrected chi connectivity index (χ2v) is 10.1. The Balaban J connectivity index is 1.30. The lowest BCUT2D eigenvalue weighted by Gasteiger charge is -2.38. The van der Waals surface area contributed by atoms with Crippen LogP contribution in [0.5, 0.6) is 0 Å². The maximum atomic E-state index is 13.1. The van der Waals surface area contributed by atoms with E-state index in [4.69, 9.17) is 0 Å². The van der Waals surface area contributed by atoms with Crippen LogP contribution < -0.4 is 5.32 Å². The number of nitrogens with one attached hydrogen (secondary N) is 1. The molecule has 0 aliphatic carbocycles. The molecule has 2 heterocycles. The van der Waals surface area contributed by atoms with E-state index in [1.165, 1.54) is 43.6 Å². The van der Waals surface area contributed by atoms with Crippen LogP contribution in [-0.2, 0) is 4.79 Å². The predicted octanol–water partition coefficient (Wildman–Crippen LogP) is 3.47. The second kappa shape index (κ2) is 11.3. The molecule has 0 spiro atoms. The predicted molar refractivity (Wildman–Crippen MR) is 135 cm³/mol. The molecule has 2 aliphatic rings. The van der Waals surface area contributed by atoms with Crippen LogP contribution in [0.1, 0.15) is 41.1 Å². The summed E-state index contributed by atoms with van der Waals surface area (Å²) in [4.78, 5) is 20.4. The number of aryl methyl sites for hydroxylation is 2. The van der Waals surface area contributed by atoms with E-state index in [2.05, 4.69) is 89.4 Å². The number of carbonyl (C=O) groups excluding carboxylic acids is 1. The summed E-state index contributed by atoms with van der Waals surface area (Å²) in [6, 6.07) is 16.9. The Hall–Kier alpha value is -2.21. The molecule has 0 unspecified atom stereocenters. The summed E-state index contributed by atoms with van der Waals surface area (Å²) < 4.78 is 0. The number of carbonyl (C=O) groups is 1. The zero-order valence-corrected chi connectivity index (χ0v) is 20.6. The van der Waals surface area contributed by atoms with Crippen molar-refractivity contribution in [2.45, 2.75) is 32.7 Å². The van der Waals surface area contributed by atoms with Crippen molar-refractivity contribution < 1.29 is 4.79 Å². The molecule has 2 aliphatic heterocycles. The number of likely N-dealkylation sites (tertiary alicyclic amines) is 1. The molecule has 0 bridgehead atoms. The van der Waals surface area contributed by atoms with Gasteiger partial charge in [0.1, 0.15) is 0 Å². The van der Waals surface area contributed by atoms with Gasteiger partial charge in [-0.1, -0.05) is 59.7 Å². The lowest BCUT2D eigenvalue weighted by atomic mass is 9.96. The SMILES string of the molecule is Cc1ccc(C(NC(=O)CN2CCN(CC3CCN(C)CC3)CC2)c2ccc(C)cc2)cc1. The third-order valence-corrected chi connectivity index (χ3v) is 7.31. The van der Waals surface area contributed by atoms with E-state index >= 15 is 0 Å². The Morgan fingerprint density at radius 1 is 0.818 bits per heavy atom. The van der Waals surface area contributed by atoms with Crippen molar-refractivity contribution in [1.82, 2.24) is 20.0 Å². The average molecular weight is 449 g/mol. The van der Waals surface area contributed by atoms with Crippen LogP contribution in [0.25, 0.3) is 0 Å². The van der Waals surface area contributed by atoms with E-state index < -0.39 is 0 Å². The number of nitrogens with zero attached hydrogens (tertiary/aromatic N) is 3. The standard InChI is InChI=1S/C28H40N4O/c1-22-4-8-25(9-5-22)28(26-10-6-23(2)7-11-26)29-27(33)21-32-18-16-31(17-19-32)20-24-12-14-30(3)15-13-24/h4-11,24,28H,12-21H2,1-3H3,(H,29,33). The number of hydrogen-bond acceptors (Lipinski definition) is 4. The molecule has 2 fully saturated rings. The summed E-state index contributed by atoms with van der Waals surface area (Å²) in [5, 5.41) is 3.32. The molecule has 2 saturated heterocycles. The number of piperazine rings is 1. The van der Waals surface area contributed by atoms with Crippen molar-refractivity contribution in [3.63, 3.8) is 0 Å². The van der Waals surface area contributed by atoms with Gasteiger partial charge >= 0.3 is 0 Å². The molecule has 1 N–H and O–H groups in total. The van der Waals surface area contributed by atoms with Gasteiger partial charge in [-0.3, -0.25) is 9.69 Å². The highest BCUT2D eigenvalue weighted by atomic mass is 16.2. The Kier molecular flexibility index (Phi) is 8.18. The molecule has 0 atom stereocenters. The van der Waals surface area contributed by atoms with Crippen LogP contribution in [0.15, 0.2) is 48.5 Å². The molecule has 178 valence electrons. The number of amides is 1. The summed E-state index contributed by atoms with van der Waals surface area (Å²) in [7, 11) is 2.22. The minimum Gasteiger partial charge on any atom is -0.344 e. The Morgan fingerprint density at radius 3 is 1.82 bits per heavy atom. The van der Waals surface area contributed by atoms with E-state index in [1.807, 2.05) is 0 Å². The first-order valence-corrected chi connectivity index (χ1v) is 12.5. The van der Waals surface area contributed by atoms with Crippen LogP contribution in [0, 0.1) is 19.8 Å². The summed E-state index contributed by atoms with van der Waals surface area (Å²) >= 11 is 0. The first-order valence-electron chi connectivity index (χ1n) is 12.5. The fourth-order valence-corrected chi connectivity index (χ4v) is 5.03. The van der Waals surface area contributed by atoms with Crippen LogP contribution in [0.3, 0.4) is 0 Å². The van der Waals surface area contributed by atoms with Gasteiger partial charge in [-0.25, -0.2) is 0 Å². The van der Waals surface area contributed by atoms with Crippen LogP contribution in [0.4, 0.5) is 0 Å². The van der Waals surface area contributed by atoms with Crippen molar-refractivity contribution in [2.75, 3.05) is 59.4 Å². The number of benzene rings is 2. The van der Waals surface area contributed by atoms with E-state index in [9.17, 15) is 4.79 Å². The maximum absolute atomic E-state index is 13.1. The zero-order valence-electron chi connectivity index (χ0n) is 20.6. The molecular formula is C28H40N4O. The van der Waals surface area contributed by atoms with Gasteiger partial charge in [0, 0.05) is 32.7 Å². The molecule has 1 amide bonds. The Labute approximate surface area is 199 Å². The third-order valence-electron chi connectivity index (χ3n) is 7.31. The number of piperidine rings is 1. The Morgan fingerprint density at radius 2 is 1.30 bits per heavy atom. The lowest BCUT2D eigenvalue weighted by Crippen LogP contribution is -2.51. The zero-order chi connectivity index (χ0) is 23.2. The minimum atomic E-state index is -0.121. The molecule has 0 aromatic heterocycles. The third kappa shape index (κ3) is 6.89. The molecule has 0 saturated carbocycles. The molecule has 5 heteroatoms. The molecule has 4 rings (SSSR count). The molecule has 0 radical (unpaired) electrons. The molecule has 2 aromatic rings. The molecule has 33 heavy (non-hydrogen) atoms. The largest absolute Gasteiger partial charge is 0.344 e. The van der Waals surface area contributed by atoms with Gasteiger partial charge in [-0.15, -0.1) is 0 Å². The van der Waals surface area contributed by atoms with Crippen molar-refractivity contribution in [3.8, 4) is 0 Å². The number of rotatable bonds is 7. The van der Waals surface area contributed by atoms with Gasteiger partial charge in [-0.2, -0.15) is 0 Å². The van der Waals surface area contributed by atoms with E-state index in [1.54, 1.807) is 0 Å². The van der Waals surface area contributed by atoms with Crippen LogP contribution >= 0.6 is 0 Å². The normalized spacial score (nSPS) is 19.2. The van der Waals surface area contributed by atoms with Crippen LogP contribution in [-0.4, -0.2) is 80.0 Å². The average Bonchev–Trinajstić information content (AvgIpc) is 2.82. The highest BCUT2D eigenvalue weighted by Crippen LogP contribution is 2.23. The topological polar surface area (TPSA) is 38.8 Å². The van der Waals surface area contributed by atoms with Gasteiger partial charge in [0.15, 0.2) is 0 Å².